The first-order chi connectivity index (χ1) is 7.11. The topological polar surface area (TPSA) is 53.6 Å². The molecule has 86 valence electrons. The molecule has 1 aliphatic heterocycles. The van der Waals surface area contributed by atoms with E-state index in [9.17, 15) is 0 Å². The summed E-state index contributed by atoms with van der Waals surface area (Å²) in [6.45, 7) is 6.81. The molecule has 4 heteroatoms. The van der Waals surface area contributed by atoms with E-state index in [-0.39, 0.29) is 0 Å². The van der Waals surface area contributed by atoms with Crippen LogP contribution in [0.2, 0.25) is 0 Å². The number of hydrazine groups is 1. The molecule has 3 N–H and O–H groups in total. The lowest BCUT2D eigenvalue weighted by Gasteiger charge is -2.38. The number of guanidine groups is 1. The molecule has 0 radical (unpaired) electrons. The Hall–Kier alpha value is -0.770. The Kier molecular flexibility index (Phi) is 2.87. The molecule has 0 spiro atoms. The Morgan fingerprint density at radius 1 is 1.33 bits per heavy atom. The second kappa shape index (κ2) is 4.00. The predicted octanol–water partition coefficient (Wildman–Crippen LogP) is 1.09. The van der Waals surface area contributed by atoms with Gasteiger partial charge in [-0.3, -0.25) is 5.43 Å². The van der Waals surface area contributed by atoms with Gasteiger partial charge >= 0.3 is 0 Å². The Labute approximate surface area is 91.9 Å². The molecule has 0 unspecified atom stereocenters. The largest absolute Gasteiger partial charge is 0.342 e. The summed E-state index contributed by atoms with van der Waals surface area (Å²) >= 11 is 0. The van der Waals surface area contributed by atoms with Gasteiger partial charge in [-0.15, -0.1) is 0 Å². The van der Waals surface area contributed by atoms with Gasteiger partial charge in [0.2, 0.25) is 5.96 Å². The van der Waals surface area contributed by atoms with Crippen molar-refractivity contribution in [1.29, 1.82) is 0 Å². The number of nitrogens with zero attached hydrogens (tertiary/aromatic N) is 2. The van der Waals surface area contributed by atoms with E-state index in [0.29, 0.717) is 11.5 Å². The first-order valence-corrected chi connectivity index (χ1v) is 5.90. The van der Waals surface area contributed by atoms with Crippen molar-refractivity contribution in [2.75, 3.05) is 13.1 Å². The summed E-state index contributed by atoms with van der Waals surface area (Å²) < 4.78 is 0. The summed E-state index contributed by atoms with van der Waals surface area (Å²) in [6.07, 6.45) is 4.89. The molecule has 1 saturated carbocycles. The van der Waals surface area contributed by atoms with Gasteiger partial charge in [0.05, 0.1) is 6.04 Å². The van der Waals surface area contributed by atoms with Crippen molar-refractivity contribution in [2.45, 2.75) is 45.6 Å². The molecule has 2 fully saturated rings. The zero-order chi connectivity index (χ0) is 10.9. The zero-order valence-corrected chi connectivity index (χ0v) is 9.79. The number of likely N-dealkylation sites (tertiary alicyclic amines) is 1. The fraction of sp³-hybridized carbons (Fsp3) is 0.909. The summed E-state index contributed by atoms with van der Waals surface area (Å²) in [4.78, 5) is 6.87. The SMILES string of the molecule is CC1(C)CCN(C(=NC2CC2)NN)CC1. The van der Waals surface area contributed by atoms with Crippen LogP contribution in [-0.4, -0.2) is 30.0 Å². The number of nitrogens with two attached hydrogens (primary N) is 1. The summed E-state index contributed by atoms with van der Waals surface area (Å²) in [5.74, 6) is 6.42. The van der Waals surface area contributed by atoms with Crippen LogP contribution in [0.3, 0.4) is 0 Å². The van der Waals surface area contributed by atoms with E-state index < -0.39 is 0 Å². The molecule has 4 nitrogen and oxygen atoms in total. The average Bonchev–Trinajstić information content (AvgIpc) is 2.98. The van der Waals surface area contributed by atoms with Crippen molar-refractivity contribution in [1.82, 2.24) is 10.3 Å². The lowest BCUT2D eigenvalue weighted by molar-refractivity contribution is 0.185. The number of rotatable bonds is 1. The van der Waals surface area contributed by atoms with Crippen molar-refractivity contribution < 1.29 is 0 Å². The van der Waals surface area contributed by atoms with Crippen molar-refractivity contribution in [3.05, 3.63) is 0 Å². The van der Waals surface area contributed by atoms with Gasteiger partial charge < -0.3 is 4.90 Å². The minimum Gasteiger partial charge on any atom is -0.342 e. The van der Waals surface area contributed by atoms with Crippen molar-refractivity contribution in [3.63, 3.8) is 0 Å². The number of hydrogen-bond acceptors (Lipinski definition) is 2. The van der Waals surface area contributed by atoms with Gasteiger partial charge in [0.15, 0.2) is 0 Å². The molecule has 0 aromatic rings. The lowest BCUT2D eigenvalue weighted by Crippen LogP contribution is -2.49. The summed E-state index contributed by atoms with van der Waals surface area (Å²) in [6, 6.07) is 0.533. The van der Waals surface area contributed by atoms with Crippen LogP contribution in [0.25, 0.3) is 0 Å². The van der Waals surface area contributed by atoms with Crippen LogP contribution < -0.4 is 11.3 Å². The number of nitrogens with one attached hydrogen (secondary N) is 1. The Balaban J connectivity index is 1.92. The number of aliphatic imine (C=N–C) groups is 1. The van der Waals surface area contributed by atoms with Crippen LogP contribution in [-0.2, 0) is 0 Å². The third-order valence-electron chi connectivity index (χ3n) is 3.40. The van der Waals surface area contributed by atoms with Gasteiger partial charge in [-0.05, 0) is 31.1 Å². The Bertz CT molecular complexity index is 245. The fourth-order valence-electron chi connectivity index (χ4n) is 1.91. The first-order valence-electron chi connectivity index (χ1n) is 5.90. The maximum absolute atomic E-state index is 5.52. The molecule has 0 aromatic carbocycles. The third kappa shape index (κ3) is 2.84. The molecular weight excluding hydrogens is 188 g/mol. The van der Waals surface area contributed by atoms with E-state index in [1.54, 1.807) is 0 Å². The maximum atomic E-state index is 5.52. The van der Waals surface area contributed by atoms with E-state index in [1.807, 2.05) is 0 Å². The molecule has 2 rings (SSSR count). The van der Waals surface area contributed by atoms with E-state index in [4.69, 9.17) is 5.84 Å². The van der Waals surface area contributed by atoms with Crippen LogP contribution in [0, 0.1) is 5.41 Å². The van der Waals surface area contributed by atoms with Crippen LogP contribution in [0.4, 0.5) is 0 Å². The van der Waals surface area contributed by atoms with Gasteiger partial charge in [0.1, 0.15) is 0 Å². The van der Waals surface area contributed by atoms with Gasteiger partial charge in [-0.2, -0.15) is 0 Å². The van der Waals surface area contributed by atoms with Gasteiger partial charge in [0, 0.05) is 13.1 Å². The highest BCUT2D eigenvalue weighted by molar-refractivity contribution is 5.79. The van der Waals surface area contributed by atoms with E-state index in [0.717, 1.165) is 19.0 Å². The second-order valence-corrected chi connectivity index (χ2v) is 5.48. The van der Waals surface area contributed by atoms with Crippen molar-refractivity contribution >= 4 is 5.96 Å². The van der Waals surface area contributed by atoms with Crippen LogP contribution in [0.5, 0.6) is 0 Å². The quantitative estimate of drug-likeness (QED) is 0.295. The van der Waals surface area contributed by atoms with Gasteiger partial charge in [-0.1, -0.05) is 13.8 Å². The normalized spacial score (nSPS) is 26.6. The molecule has 1 heterocycles. The molecule has 1 saturated heterocycles. The molecule has 0 atom stereocenters. The highest BCUT2D eigenvalue weighted by Crippen LogP contribution is 2.30. The summed E-state index contributed by atoms with van der Waals surface area (Å²) in [5, 5.41) is 0. The minimum absolute atomic E-state index is 0.482. The molecule has 2 aliphatic rings. The second-order valence-electron chi connectivity index (χ2n) is 5.48. The summed E-state index contributed by atoms with van der Waals surface area (Å²) in [7, 11) is 0. The molecule has 0 aromatic heterocycles. The van der Waals surface area contributed by atoms with E-state index >= 15 is 0 Å². The molecule has 15 heavy (non-hydrogen) atoms. The molecule has 0 amide bonds. The highest BCUT2D eigenvalue weighted by atomic mass is 15.4. The van der Waals surface area contributed by atoms with Crippen molar-refractivity contribution in [2.24, 2.45) is 16.3 Å². The van der Waals surface area contributed by atoms with Crippen LogP contribution in [0.15, 0.2) is 4.99 Å². The smallest absolute Gasteiger partial charge is 0.208 e. The number of hydrogen-bond donors (Lipinski definition) is 2. The van der Waals surface area contributed by atoms with Crippen molar-refractivity contribution in [3.8, 4) is 0 Å². The average molecular weight is 210 g/mol. The van der Waals surface area contributed by atoms with E-state index in [1.165, 1.54) is 25.7 Å². The Morgan fingerprint density at radius 3 is 2.40 bits per heavy atom. The zero-order valence-electron chi connectivity index (χ0n) is 9.79. The monoisotopic (exact) mass is 210 g/mol. The fourth-order valence-corrected chi connectivity index (χ4v) is 1.91. The van der Waals surface area contributed by atoms with Gasteiger partial charge in [-0.25, -0.2) is 10.8 Å². The Morgan fingerprint density at radius 2 is 1.93 bits per heavy atom. The maximum Gasteiger partial charge on any atom is 0.208 e. The van der Waals surface area contributed by atoms with E-state index in [2.05, 4.69) is 29.2 Å². The third-order valence-corrected chi connectivity index (χ3v) is 3.40. The first kappa shape index (κ1) is 10.7. The molecule has 0 bridgehead atoms. The number of piperidine rings is 1. The summed E-state index contributed by atoms with van der Waals surface area (Å²) in [5.41, 5.74) is 3.23. The van der Waals surface area contributed by atoms with Gasteiger partial charge in [0.25, 0.3) is 0 Å². The lowest BCUT2D eigenvalue weighted by atomic mass is 9.83. The molecule has 1 aliphatic carbocycles. The minimum atomic E-state index is 0.482. The molecular formula is C11H22N4. The predicted molar refractivity (Wildman–Crippen MR) is 62.4 cm³/mol. The van der Waals surface area contributed by atoms with Crippen LogP contribution in [0.1, 0.15) is 39.5 Å². The standard InChI is InChI=1S/C11H22N4/c1-11(2)5-7-15(8-6-11)10(14-12)13-9-3-4-9/h9H,3-8,12H2,1-2H3,(H,13,14). The van der Waals surface area contributed by atoms with Crippen LogP contribution >= 0.6 is 0 Å². The highest BCUT2D eigenvalue weighted by Gasteiger charge is 2.28.